The van der Waals surface area contributed by atoms with E-state index in [4.69, 9.17) is 4.74 Å². The number of sulfonamides is 1. The summed E-state index contributed by atoms with van der Waals surface area (Å²) in [7, 11) is -3.69. The molecule has 0 saturated carbocycles. The molecule has 0 atom stereocenters. The van der Waals surface area contributed by atoms with Gasteiger partial charge in [-0.15, -0.1) is 13.2 Å². The second kappa shape index (κ2) is 14.1. The number of esters is 1. The first-order valence-corrected chi connectivity index (χ1v) is 12.6. The normalized spacial score (nSPS) is 11.1. The summed E-state index contributed by atoms with van der Waals surface area (Å²) in [6.07, 6.45) is 5.31. The highest BCUT2D eigenvalue weighted by Crippen LogP contribution is 2.19. The molecule has 2 aromatic rings. The van der Waals surface area contributed by atoms with Crippen molar-refractivity contribution in [3.63, 3.8) is 0 Å². The van der Waals surface area contributed by atoms with Crippen LogP contribution in [0.5, 0.6) is 0 Å². The van der Waals surface area contributed by atoms with Crippen molar-refractivity contribution in [1.82, 2.24) is 4.31 Å². The van der Waals surface area contributed by atoms with Gasteiger partial charge in [-0.25, -0.2) is 8.42 Å². The lowest BCUT2D eigenvalue weighted by Gasteiger charge is -2.19. The fraction of sp³-hybridized carbons (Fsp3) is 0.308. The third kappa shape index (κ3) is 8.96. The highest BCUT2D eigenvalue weighted by atomic mass is 32.2. The second-order valence-electron chi connectivity index (χ2n) is 7.64. The molecule has 1 amide bonds. The van der Waals surface area contributed by atoms with Gasteiger partial charge in [0.25, 0.3) is 0 Å². The Labute approximate surface area is 202 Å². The van der Waals surface area contributed by atoms with E-state index < -0.39 is 10.0 Å². The molecular weight excluding hydrogens is 452 g/mol. The Morgan fingerprint density at radius 2 is 1.56 bits per heavy atom. The molecule has 0 fully saturated rings. The maximum absolute atomic E-state index is 12.7. The van der Waals surface area contributed by atoms with Crippen molar-refractivity contribution in [2.75, 3.05) is 25.0 Å². The Balaban J connectivity index is 1.71. The fourth-order valence-corrected chi connectivity index (χ4v) is 4.60. The molecular formula is C26H32N2O5S. The van der Waals surface area contributed by atoms with Gasteiger partial charge in [-0.2, -0.15) is 4.31 Å². The minimum atomic E-state index is -3.69. The number of hydrogen-bond acceptors (Lipinski definition) is 5. The molecule has 0 heterocycles. The first-order valence-electron chi connectivity index (χ1n) is 11.2. The summed E-state index contributed by atoms with van der Waals surface area (Å²) in [4.78, 5) is 24.1. The van der Waals surface area contributed by atoms with Gasteiger partial charge in [-0.05, 0) is 49.1 Å². The summed E-state index contributed by atoms with van der Waals surface area (Å²) in [5.74, 6) is -0.577. The number of carbonyl (C=O) groups excluding carboxylic acids is 2. The van der Waals surface area contributed by atoms with Crippen LogP contribution in [-0.2, 0) is 30.8 Å². The lowest BCUT2D eigenvalue weighted by Crippen LogP contribution is -2.31. The predicted octanol–water partition coefficient (Wildman–Crippen LogP) is 4.33. The van der Waals surface area contributed by atoms with E-state index in [0.29, 0.717) is 18.7 Å². The van der Waals surface area contributed by atoms with Crippen LogP contribution in [0.25, 0.3) is 0 Å². The van der Waals surface area contributed by atoms with Crippen LogP contribution in [-0.4, -0.2) is 44.3 Å². The highest BCUT2D eigenvalue weighted by Gasteiger charge is 2.22. The van der Waals surface area contributed by atoms with Crippen molar-refractivity contribution in [3.05, 3.63) is 85.5 Å². The second-order valence-corrected chi connectivity index (χ2v) is 9.57. The Hall–Kier alpha value is -3.23. The summed E-state index contributed by atoms with van der Waals surface area (Å²) in [5, 5.41) is 2.71. The topological polar surface area (TPSA) is 92.8 Å². The number of nitrogens with zero attached hydrogens (tertiary/aromatic N) is 1. The number of aryl methyl sites for hydroxylation is 1. The van der Waals surface area contributed by atoms with Crippen molar-refractivity contribution in [1.29, 1.82) is 0 Å². The summed E-state index contributed by atoms with van der Waals surface area (Å²) < 4.78 is 31.9. The first-order chi connectivity index (χ1) is 16.4. The molecule has 0 spiro atoms. The molecule has 0 aliphatic heterocycles. The first kappa shape index (κ1) is 27.0. The molecule has 2 rings (SSSR count). The Morgan fingerprint density at radius 3 is 2.18 bits per heavy atom. The predicted molar refractivity (Wildman–Crippen MR) is 134 cm³/mol. The van der Waals surface area contributed by atoms with Gasteiger partial charge >= 0.3 is 5.97 Å². The summed E-state index contributed by atoms with van der Waals surface area (Å²) >= 11 is 0. The summed E-state index contributed by atoms with van der Waals surface area (Å²) in [6, 6.07) is 15.9. The van der Waals surface area contributed by atoms with E-state index in [-0.39, 0.29) is 42.7 Å². The zero-order chi connectivity index (χ0) is 24.8. The molecule has 0 aliphatic carbocycles. The van der Waals surface area contributed by atoms with Crippen LogP contribution in [0, 0.1) is 0 Å². The van der Waals surface area contributed by atoms with Crippen LogP contribution < -0.4 is 5.32 Å². The number of rotatable bonds is 15. The minimum Gasteiger partial charge on any atom is -0.466 e. The number of benzene rings is 2. The van der Waals surface area contributed by atoms with Crippen LogP contribution >= 0.6 is 0 Å². The molecule has 1 N–H and O–H groups in total. The molecule has 0 unspecified atom stereocenters. The zero-order valence-electron chi connectivity index (χ0n) is 19.3. The zero-order valence-corrected chi connectivity index (χ0v) is 20.1. The van der Waals surface area contributed by atoms with Crippen molar-refractivity contribution in [2.24, 2.45) is 0 Å². The average molecular weight is 485 g/mol. The molecule has 34 heavy (non-hydrogen) atoms. The number of ether oxygens (including phenoxy) is 1. The standard InChI is InChI=1S/C26H32N2O5S/c1-3-19-28(20-4-2)34(31,32)24-17-15-23(16-18-24)27-25(29)13-8-14-26(30)33-21-9-12-22-10-6-5-7-11-22/h3-7,10-11,15-18H,1-2,8-9,12-14,19-21H2,(H,27,29). The average Bonchev–Trinajstić information content (AvgIpc) is 2.83. The van der Waals surface area contributed by atoms with Crippen LogP contribution in [0.2, 0.25) is 0 Å². The van der Waals surface area contributed by atoms with Gasteiger partial charge < -0.3 is 10.1 Å². The van der Waals surface area contributed by atoms with Crippen molar-refractivity contribution in [2.45, 2.75) is 37.0 Å². The van der Waals surface area contributed by atoms with Crippen molar-refractivity contribution in [3.8, 4) is 0 Å². The Morgan fingerprint density at radius 1 is 0.912 bits per heavy atom. The van der Waals surface area contributed by atoms with E-state index >= 15 is 0 Å². The van der Waals surface area contributed by atoms with Gasteiger partial charge in [-0.1, -0.05) is 42.5 Å². The van der Waals surface area contributed by atoms with Crippen molar-refractivity contribution >= 4 is 27.6 Å². The van der Waals surface area contributed by atoms with Gasteiger partial charge in [-0.3, -0.25) is 9.59 Å². The van der Waals surface area contributed by atoms with Gasteiger partial charge in [0, 0.05) is 31.6 Å². The lowest BCUT2D eigenvalue weighted by atomic mass is 10.1. The SMILES string of the molecule is C=CCN(CC=C)S(=O)(=O)c1ccc(NC(=O)CCCC(=O)OCCCc2ccccc2)cc1. The molecule has 0 radical (unpaired) electrons. The monoisotopic (exact) mass is 484 g/mol. The van der Waals surface area contributed by atoms with Crippen LogP contribution in [0.3, 0.4) is 0 Å². The molecule has 7 nitrogen and oxygen atoms in total. The molecule has 2 aromatic carbocycles. The highest BCUT2D eigenvalue weighted by molar-refractivity contribution is 7.89. The van der Waals surface area contributed by atoms with Crippen LogP contribution in [0.4, 0.5) is 5.69 Å². The van der Waals surface area contributed by atoms with Gasteiger partial charge in [0.2, 0.25) is 15.9 Å². The van der Waals surface area contributed by atoms with E-state index in [2.05, 4.69) is 18.5 Å². The Kier molecular flexibility index (Phi) is 11.2. The largest absolute Gasteiger partial charge is 0.466 e. The smallest absolute Gasteiger partial charge is 0.305 e. The third-order valence-electron chi connectivity index (χ3n) is 4.94. The van der Waals surface area contributed by atoms with Gasteiger partial charge in [0.15, 0.2) is 0 Å². The fourth-order valence-electron chi connectivity index (χ4n) is 3.21. The lowest BCUT2D eigenvalue weighted by molar-refractivity contribution is -0.143. The number of nitrogens with one attached hydrogen (secondary N) is 1. The van der Waals surface area contributed by atoms with Crippen molar-refractivity contribution < 1.29 is 22.7 Å². The number of carbonyl (C=O) groups is 2. The third-order valence-corrected chi connectivity index (χ3v) is 6.79. The van der Waals surface area contributed by atoms with Crippen LogP contribution in [0.15, 0.2) is 84.8 Å². The molecule has 182 valence electrons. The molecule has 0 aromatic heterocycles. The molecule has 0 saturated heterocycles. The van der Waals surface area contributed by atoms with E-state index in [9.17, 15) is 18.0 Å². The molecule has 0 bridgehead atoms. The molecule has 0 aliphatic rings. The maximum atomic E-state index is 12.7. The molecule has 8 heteroatoms. The number of amides is 1. The van der Waals surface area contributed by atoms with E-state index in [1.54, 1.807) is 0 Å². The van der Waals surface area contributed by atoms with Crippen LogP contribution in [0.1, 0.15) is 31.2 Å². The van der Waals surface area contributed by atoms with Gasteiger partial charge in [0.1, 0.15) is 0 Å². The number of hydrogen-bond donors (Lipinski definition) is 1. The quantitative estimate of drug-likeness (QED) is 0.231. The number of anilines is 1. The summed E-state index contributed by atoms with van der Waals surface area (Å²) in [6.45, 7) is 7.86. The minimum absolute atomic E-state index is 0.115. The van der Waals surface area contributed by atoms with E-state index in [1.807, 2.05) is 30.3 Å². The summed E-state index contributed by atoms with van der Waals surface area (Å²) in [5.41, 5.74) is 1.68. The van der Waals surface area contributed by atoms with Gasteiger partial charge in [0.05, 0.1) is 11.5 Å². The Bertz CT molecular complexity index is 1040. The van der Waals surface area contributed by atoms with E-state index in [0.717, 1.165) is 12.8 Å². The maximum Gasteiger partial charge on any atom is 0.305 e. The van der Waals surface area contributed by atoms with E-state index in [1.165, 1.54) is 46.3 Å².